The summed E-state index contributed by atoms with van der Waals surface area (Å²) in [6.07, 6.45) is 0. The Morgan fingerprint density at radius 3 is 2.29 bits per heavy atom. The summed E-state index contributed by atoms with van der Waals surface area (Å²) in [5, 5.41) is 3.12. The van der Waals surface area contributed by atoms with Gasteiger partial charge in [0.25, 0.3) is 5.91 Å². The van der Waals surface area contributed by atoms with E-state index in [-0.39, 0.29) is 17.1 Å². The molecule has 1 heterocycles. The van der Waals surface area contributed by atoms with Crippen LogP contribution in [0.1, 0.15) is 43.6 Å². The maximum absolute atomic E-state index is 12.9. The minimum absolute atomic E-state index is 0.0591. The number of aryl methyl sites for hydroxylation is 1. The minimum atomic E-state index is -0.331. The van der Waals surface area contributed by atoms with Crippen LogP contribution < -0.4 is 5.32 Å². The van der Waals surface area contributed by atoms with Crippen molar-refractivity contribution in [3.63, 3.8) is 0 Å². The Balaban J connectivity index is 2.31. The van der Waals surface area contributed by atoms with Crippen LogP contribution in [0.25, 0.3) is 0 Å². The molecule has 4 heteroatoms. The second-order valence-electron chi connectivity index (χ2n) is 7.08. The third kappa shape index (κ3) is 3.56. The Morgan fingerprint density at radius 2 is 1.76 bits per heavy atom. The van der Waals surface area contributed by atoms with E-state index in [2.05, 4.69) is 5.32 Å². The second kappa shape index (κ2) is 5.34. The molecule has 0 saturated carbocycles. The lowest BCUT2D eigenvalue weighted by Gasteiger charge is -2.47. The van der Waals surface area contributed by atoms with Gasteiger partial charge in [0.1, 0.15) is 0 Å². The highest BCUT2D eigenvalue weighted by molar-refractivity contribution is 5.99. The zero-order chi connectivity index (χ0) is 15.8. The molecule has 1 aromatic carbocycles. The molecular formula is C17H26N2O2. The number of anilines is 1. The highest BCUT2D eigenvalue weighted by atomic mass is 16.5. The van der Waals surface area contributed by atoms with Crippen molar-refractivity contribution in [2.45, 2.75) is 45.8 Å². The third-order valence-electron chi connectivity index (χ3n) is 3.66. The molecule has 0 aliphatic carbocycles. The van der Waals surface area contributed by atoms with E-state index in [1.165, 1.54) is 0 Å². The van der Waals surface area contributed by atoms with Crippen LogP contribution in [-0.4, -0.2) is 42.1 Å². The molecule has 4 nitrogen and oxygen atoms in total. The SMILES string of the molecule is CNc1cc(C)ccc1C(=O)N1CC(C)(C)OC(C)(C)C1. The van der Waals surface area contributed by atoms with Crippen LogP contribution in [0.15, 0.2) is 18.2 Å². The number of amides is 1. The largest absolute Gasteiger partial charge is 0.387 e. The quantitative estimate of drug-likeness (QED) is 0.910. The van der Waals surface area contributed by atoms with Gasteiger partial charge in [-0.25, -0.2) is 0 Å². The van der Waals surface area contributed by atoms with Gasteiger partial charge in [0.15, 0.2) is 0 Å². The third-order valence-corrected chi connectivity index (χ3v) is 3.66. The van der Waals surface area contributed by atoms with Gasteiger partial charge in [-0.2, -0.15) is 0 Å². The zero-order valence-electron chi connectivity index (χ0n) is 13.9. The van der Waals surface area contributed by atoms with Crippen LogP contribution in [0.3, 0.4) is 0 Å². The minimum Gasteiger partial charge on any atom is -0.387 e. The predicted octanol–water partition coefficient (Wildman–Crippen LogP) is 3.07. The van der Waals surface area contributed by atoms with Gasteiger partial charge in [-0.15, -0.1) is 0 Å². The van der Waals surface area contributed by atoms with Crippen LogP contribution in [0.4, 0.5) is 5.69 Å². The van der Waals surface area contributed by atoms with Gasteiger partial charge in [0.05, 0.1) is 16.8 Å². The molecule has 0 atom stereocenters. The first-order valence-corrected chi connectivity index (χ1v) is 7.41. The average molecular weight is 290 g/mol. The molecule has 1 saturated heterocycles. The highest BCUT2D eigenvalue weighted by Gasteiger charge is 2.40. The molecule has 1 aliphatic heterocycles. The summed E-state index contributed by atoms with van der Waals surface area (Å²) in [5.74, 6) is 0.0591. The summed E-state index contributed by atoms with van der Waals surface area (Å²) in [6.45, 7) is 11.4. The molecule has 0 radical (unpaired) electrons. The monoisotopic (exact) mass is 290 g/mol. The second-order valence-corrected chi connectivity index (χ2v) is 7.08. The fourth-order valence-corrected chi connectivity index (χ4v) is 3.15. The molecule has 0 spiro atoms. The van der Waals surface area contributed by atoms with E-state index in [4.69, 9.17) is 4.74 Å². The first kappa shape index (κ1) is 15.8. The first-order valence-electron chi connectivity index (χ1n) is 7.41. The molecule has 0 unspecified atom stereocenters. The first-order chi connectivity index (χ1) is 9.63. The summed E-state index contributed by atoms with van der Waals surface area (Å²) >= 11 is 0. The van der Waals surface area contributed by atoms with Gasteiger partial charge in [0, 0.05) is 25.8 Å². The zero-order valence-corrected chi connectivity index (χ0v) is 13.9. The Labute approximate surface area is 127 Å². The topological polar surface area (TPSA) is 41.6 Å². The molecule has 1 aromatic rings. The van der Waals surface area contributed by atoms with Crippen molar-refractivity contribution in [2.75, 3.05) is 25.5 Å². The van der Waals surface area contributed by atoms with Crippen molar-refractivity contribution in [1.82, 2.24) is 4.90 Å². The number of ether oxygens (including phenoxy) is 1. The number of carbonyl (C=O) groups is 1. The van der Waals surface area contributed by atoms with Gasteiger partial charge in [-0.3, -0.25) is 4.79 Å². The number of hydrogen-bond acceptors (Lipinski definition) is 3. The molecule has 1 fully saturated rings. The van der Waals surface area contributed by atoms with Crippen molar-refractivity contribution >= 4 is 11.6 Å². The normalized spacial score (nSPS) is 20.2. The van der Waals surface area contributed by atoms with Crippen molar-refractivity contribution in [2.24, 2.45) is 0 Å². The van der Waals surface area contributed by atoms with E-state index in [1.54, 1.807) is 0 Å². The smallest absolute Gasteiger partial charge is 0.256 e. The molecule has 0 bridgehead atoms. The van der Waals surface area contributed by atoms with E-state index < -0.39 is 0 Å². The van der Waals surface area contributed by atoms with E-state index in [0.717, 1.165) is 16.8 Å². The van der Waals surface area contributed by atoms with E-state index in [0.29, 0.717) is 13.1 Å². The molecule has 1 N–H and O–H groups in total. The van der Waals surface area contributed by atoms with E-state index >= 15 is 0 Å². The molecule has 21 heavy (non-hydrogen) atoms. The molecule has 116 valence electrons. The Kier molecular flexibility index (Phi) is 4.02. The lowest BCUT2D eigenvalue weighted by atomic mass is 9.97. The number of rotatable bonds is 2. The van der Waals surface area contributed by atoms with E-state index in [9.17, 15) is 4.79 Å². The summed E-state index contributed by atoms with van der Waals surface area (Å²) in [4.78, 5) is 14.8. The van der Waals surface area contributed by atoms with E-state index in [1.807, 2.05) is 64.8 Å². The summed E-state index contributed by atoms with van der Waals surface area (Å²) in [7, 11) is 1.85. The fraction of sp³-hybridized carbons (Fsp3) is 0.588. The number of nitrogens with one attached hydrogen (secondary N) is 1. The molecular weight excluding hydrogens is 264 g/mol. The Hall–Kier alpha value is -1.55. The lowest BCUT2D eigenvalue weighted by Crippen LogP contribution is -2.58. The predicted molar refractivity (Wildman–Crippen MR) is 85.9 cm³/mol. The van der Waals surface area contributed by atoms with Crippen LogP contribution >= 0.6 is 0 Å². The number of benzene rings is 1. The average Bonchev–Trinajstić information content (AvgIpc) is 2.34. The lowest BCUT2D eigenvalue weighted by molar-refractivity contribution is -0.171. The van der Waals surface area contributed by atoms with Crippen LogP contribution in [0, 0.1) is 6.92 Å². The van der Waals surface area contributed by atoms with Gasteiger partial charge in [0.2, 0.25) is 0 Å². The van der Waals surface area contributed by atoms with Gasteiger partial charge >= 0.3 is 0 Å². The van der Waals surface area contributed by atoms with Crippen LogP contribution in [0.5, 0.6) is 0 Å². The van der Waals surface area contributed by atoms with Crippen molar-refractivity contribution in [1.29, 1.82) is 0 Å². The number of nitrogens with zero attached hydrogens (tertiary/aromatic N) is 1. The molecule has 1 aliphatic rings. The fourth-order valence-electron chi connectivity index (χ4n) is 3.15. The summed E-state index contributed by atoms with van der Waals surface area (Å²) in [6, 6.07) is 5.88. The molecule has 2 rings (SSSR count). The number of carbonyl (C=O) groups excluding carboxylic acids is 1. The summed E-state index contributed by atoms with van der Waals surface area (Å²) in [5.41, 5.74) is 2.07. The van der Waals surface area contributed by atoms with Crippen molar-refractivity contribution < 1.29 is 9.53 Å². The summed E-state index contributed by atoms with van der Waals surface area (Å²) < 4.78 is 6.04. The Bertz CT molecular complexity index is 534. The molecule has 1 amide bonds. The van der Waals surface area contributed by atoms with Gasteiger partial charge < -0.3 is 15.0 Å². The Morgan fingerprint density at radius 1 is 1.19 bits per heavy atom. The van der Waals surface area contributed by atoms with Gasteiger partial charge in [-0.05, 0) is 52.3 Å². The number of hydrogen-bond donors (Lipinski definition) is 1. The van der Waals surface area contributed by atoms with Crippen molar-refractivity contribution in [3.8, 4) is 0 Å². The highest BCUT2D eigenvalue weighted by Crippen LogP contribution is 2.30. The standard InChI is InChI=1S/C17H26N2O2/c1-12-7-8-13(14(9-12)18-6)15(20)19-10-16(2,3)21-17(4,5)11-19/h7-9,18H,10-11H2,1-6H3. The molecule has 0 aromatic heterocycles. The van der Waals surface area contributed by atoms with Gasteiger partial charge in [-0.1, -0.05) is 6.07 Å². The van der Waals surface area contributed by atoms with Crippen LogP contribution in [0.2, 0.25) is 0 Å². The maximum atomic E-state index is 12.9. The maximum Gasteiger partial charge on any atom is 0.256 e. The van der Waals surface area contributed by atoms with Crippen molar-refractivity contribution in [3.05, 3.63) is 29.3 Å². The van der Waals surface area contributed by atoms with Crippen LogP contribution in [-0.2, 0) is 4.74 Å². The number of morpholine rings is 1.